The maximum Gasteiger partial charge on any atom is 0.126 e. The number of hydrogen-bond acceptors (Lipinski definition) is 2. The molecule has 19 heavy (non-hydrogen) atoms. The van der Waals surface area contributed by atoms with Crippen LogP contribution in [0, 0.1) is 12.7 Å². The van der Waals surface area contributed by atoms with Gasteiger partial charge in [0.1, 0.15) is 5.82 Å². The van der Waals surface area contributed by atoms with E-state index in [1.807, 2.05) is 31.2 Å². The van der Waals surface area contributed by atoms with E-state index in [0.717, 1.165) is 11.1 Å². The van der Waals surface area contributed by atoms with Gasteiger partial charge in [-0.15, -0.1) is 0 Å². The van der Waals surface area contributed by atoms with Crippen LogP contribution in [0.4, 0.5) is 4.39 Å². The fourth-order valence-corrected chi connectivity index (χ4v) is 2.33. The summed E-state index contributed by atoms with van der Waals surface area (Å²) in [4.78, 5) is 0. The molecule has 0 amide bonds. The molecule has 0 heterocycles. The molecule has 2 rings (SSSR count). The van der Waals surface area contributed by atoms with Gasteiger partial charge in [0.15, 0.2) is 0 Å². The zero-order valence-electron chi connectivity index (χ0n) is 10.7. The van der Waals surface area contributed by atoms with Gasteiger partial charge in [0, 0.05) is 5.02 Å². The topological polar surface area (TPSA) is 38.0 Å². The molecule has 0 aromatic heterocycles. The molecule has 3 N–H and O–H groups in total. The van der Waals surface area contributed by atoms with Crippen LogP contribution in [-0.2, 0) is 6.42 Å². The van der Waals surface area contributed by atoms with Crippen molar-refractivity contribution >= 4 is 11.6 Å². The molecule has 0 saturated carbocycles. The summed E-state index contributed by atoms with van der Waals surface area (Å²) in [6, 6.07) is 12.2. The summed E-state index contributed by atoms with van der Waals surface area (Å²) in [5.41, 5.74) is 5.31. The predicted molar refractivity (Wildman–Crippen MR) is 76.4 cm³/mol. The Morgan fingerprint density at radius 3 is 2.63 bits per heavy atom. The van der Waals surface area contributed by atoms with Crippen LogP contribution in [0.5, 0.6) is 0 Å². The van der Waals surface area contributed by atoms with Crippen LogP contribution in [0.25, 0.3) is 0 Å². The van der Waals surface area contributed by atoms with E-state index in [1.165, 1.54) is 6.07 Å². The first-order valence-corrected chi connectivity index (χ1v) is 6.46. The summed E-state index contributed by atoms with van der Waals surface area (Å²) in [5, 5.41) is 0.686. The van der Waals surface area contributed by atoms with E-state index in [-0.39, 0.29) is 11.9 Å². The highest BCUT2D eigenvalue weighted by molar-refractivity contribution is 6.31. The quantitative estimate of drug-likeness (QED) is 0.663. The predicted octanol–water partition coefficient (Wildman–Crippen LogP) is 3.53. The third kappa shape index (κ3) is 3.13. The molecule has 2 aromatic carbocycles. The average molecular weight is 279 g/mol. The summed E-state index contributed by atoms with van der Waals surface area (Å²) in [6.45, 7) is 1.93. The summed E-state index contributed by atoms with van der Waals surface area (Å²) in [7, 11) is 0. The maximum atomic E-state index is 13.7. The number of nitrogens with two attached hydrogens (primary N) is 1. The number of halogens is 2. The third-order valence-corrected chi connectivity index (χ3v) is 3.68. The Balaban J connectivity index is 2.31. The fourth-order valence-electron chi connectivity index (χ4n) is 2.14. The average Bonchev–Trinajstić information content (AvgIpc) is 2.41. The smallest absolute Gasteiger partial charge is 0.126 e. The van der Waals surface area contributed by atoms with Crippen LogP contribution in [0.15, 0.2) is 42.5 Å². The highest BCUT2D eigenvalue weighted by atomic mass is 35.5. The number of hydrogen-bond donors (Lipinski definition) is 2. The first-order chi connectivity index (χ1) is 9.13. The largest absolute Gasteiger partial charge is 0.271 e. The first kappa shape index (κ1) is 14.0. The van der Waals surface area contributed by atoms with Gasteiger partial charge in [0.05, 0.1) is 6.04 Å². The van der Waals surface area contributed by atoms with Gasteiger partial charge in [-0.3, -0.25) is 11.3 Å². The normalized spacial score (nSPS) is 12.4. The Morgan fingerprint density at radius 2 is 1.95 bits per heavy atom. The van der Waals surface area contributed by atoms with Crippen LogP contribution in [0.3, 0.4) is 0 Å². The van der Waals surface area contributed by atoms with Crippen LogP contribution >= 0.6 is 11.6 Å². The van der Waals surface area contributed by atoms with Crippen molar-refractivity contribution in [2.75, 3.05) is 0 Å². The second kappa shape index (κ2) is 6.15. The summed E-state index contributed by atoms with van der Waals surface area (Å²) < 4.78 is 13.7. The molecule has 2 nitrogen and oxygen atoms in total. The molecule has 0 spiro atoms. The Bertz CT molecular complexity index is 572. The van der Waals surface area contributed by atoms with Crippen LogP contribution < -0.4 is 11.3 Å². The molecule has 2 aromatic rings. The number of benzene rings is 2. The number of nitrogens with one attached hydrogen (secondary N) is 1. The molecular formula is C15H16ClFN2. The summed E-state index contributed by atoms with van der Waals surface area (Å²) in [5.74, 6) is 5.39. The summed E-state index contributed by atoms with van der Waals surface area (Å²) >= 11 is 6.11. The molecule has 0 aliphatic carbocycles. The van der Waals surface area contributed by atoms with E-state index < -0.39 is 0 Å². The second-order valence-electron chi connectivity index (χ2n) is 4.47. The van der Waals surface area contributed by atoms with Crippen LogP contribution in [0.1, 0.15) is 22.7 Å². The van der Waals surface area contributed by atoms with Crippen molar-refractivity contribution in [2.24, 2.45) is 5.84 Å². The first-order valence-electron chi connectivity index (χ1n) is 6.08. The Labute approximate surface area is 117 Å². The van der Waals surface area contributed by atoms with Crippen molar-refractivity contribution < 1.29 is 4.39 Å². The highest BCUT2D eigenvalue weighted by Gasteiger charge is 2.16. The van der Waals surface area contributed by atoms with Gasteiger partial charge in [-0.1, -0.05) is 41.9 Å². The Kier molecular flexibility index (Phi) is 4.53. The van der Waals surface area contributed by atoms with Gasteiger partial charge in [-0.05, 0) is 42.2 Å². The molecule has 100 valence electrons. The lowest BCUT2D eigenvalue weighted by Gasteiger charge is -2.19. The zero-order chi connectivity index (χ0) is 13.8. The third-order valence-electron chi connectivity index (χ3n) is 3.27. The Morgan fingerprint density at radius 1 is 1.21 bits per heavy atom. The van der Waals surface area contributed by atoms with Crippen molar-refractivity contribution in [3.05, 3.63) is 70.0 Å². The molecule has 1 unspecified atom stereocenters. The molecule has 4 heteroatoms. The molecule has 0 aliphatic heterocycles. The molecule has 0 radical (unpaired) electrons. The van der Waals surface area contributed by atoms with E-state index in [4.69, 9.17) is 17.4 Å². The zero-order valence-corrected chi connectivity index (χ0v) is 11.4. The van der Waals surface area contributed by atoms with Crippen LogP contribution in [-0.4, -0.2) is 0 Å². The van der Waals surface area contributed by atoms with Crippen LogP contribution in [0.2, 0.25) is 5.02 Å². The lowest BCUT2D eigenvalue weighted by molar-refractivity contribution is 0.527. The van der Waals surface area contributed by atoms with Crippen molar-refractivity contribution in [1.82, 2.24) is 5.43 Å². The molecule has 0 fully saturated rings. The Hall–Kier alpha value is -1.42. The highest BCUT2D eigenvalue weighted by Crippen LogP contribution is 2.26. The SMILES string of the molecule is Cc1c(Cl)cccc1C(Cc1ccccc1F)NN. The van der Waals surface area contributed by atoms with E-state index >= 15 is 0 Å². The van der Waals surface area contributed by atoms with Crippen molar-refractivity contribution in [3.8, 4) is 0 Å². The van der Waals surface area contributed by atoms with E-state index in [1.54, 1.807) is 12.1 Å². The standard InChI is InChI=1S/C15H16ClFN2/c1-10-12(6-4-7-13(10)16)15(19-18)9-11-5-2-3-8-14(11)17/h2-8,15,19H,9,18H2,1H3. The second-order valence-corrected chi connectivity index (χ2v) is 4.88. The van der Waals surface area contributed by atoms with Gasteiger partial charge in [0.25, 0.3) is 0 Å². The summed E-state index contributed by atoms with van der Waals surface area (Å²) in [6.07, 6.45) is 0.477. The lowest BCUT2D eigenvalue weighted by Crippen LogP contribution is -2.30. The van der Waals surface area contributed by atoms with E-state index in [0.29, 0.717) is 17.0 Å². The maximum absolute atomic E-state index is 13.7. The van der Waals surface area contributed by atoms with E-state index in [2.05, 4.69) is 5.43 Å². The number of hydrazine groups is 1. The fraction of sp³-hybridized carbons (Fsp3) is 0.200. The van der Waals surface area contributed by atoms with E-state index in [9.17, 15) is 4.39 Å². The minimum atomic E-state index is -0.220. The van der Waals surface area contributed by atoms with Gasteiger partial charge in [0.2, 0.25) is 0 Å². The minimum Gasteiger partial charge on any atom is -0.271 e. The lowest BCUT2D eigenvalue weighted by atomic mass is 9.95. The monoisotopic (exact) mass is 278 g/mol. The molecule has 0 bridgehead atoms. The molecule has 0 aliphatic rings. The van der Waals surface area contributed by atoms with Gasteiger partial charge in [-0.25, -0.2) is 4.39 Å². The van der Waals surface area contributed by atoms with Crippen molar-refractivity contribution in [2.45, 2.75) is 19.4 Å². The minimum absolute atomic E-state index is 0.171. The molecular weight excluding hydrogens is 263 g/mol. The molecule has 1 atom stereocenters. The van der Waals surface area contributed by atoms with Gasteiger partial charge in [-0.2, -0.15) is 0 Å². The van der Waals surface area contributed by atoms with Crippen molar-refractivity contribution in [1.29, 1.82) is 0 Å². The van der Waals surface area contributed by atoms with Crippen molar-refractivity contribution in [3.63, 3.8) is 0 Å². The van der Waals surface area contributed by atoms with Gasteiger partial charge < -0.3 is 0 Å². The number of rotatable bonds is 4. The van der Waals surface area contributed by atoms with Gasteiger partial charge >= 0.3 is 0 Å². The molecule has 0 saturated heterocycles.